The molecular weight excluding hydrogens is 218 g/mol. The van der Waals surface area contributed by atoms with Crippen molar-refractivity contribution in [3.8, 4) is 5.75 Å². The molecule has 0 bridgehead atoms. The van der Waals surface area contributed by atoms with Crippen LogP contribution in [0.4, 0.5) is 10.5 Å². The second-order valence-electron chi connectivity index (χ2n) is 3.39. The summed E-state index contributed by atoms with van der Waals surface area (Å²) in [5, 5.41) is 2.60. The van der Waals surface area contributed by atoms with Crippen LogP contribution in [0.15, 0.2) is 36.9 Å². The molecular formula is C13H17NO3. The first-order valence-corrected chi connectivity index (χ1v) is 5.53. The van der Waals surface area contributed by atoms with Gasteiger partial charge in [0.15, 0.2) is 0 Å². The summed E-state index contributed by atoms with van der Waals surface area (Å²) in [7, 11) is 0. The molecule has 0 atom stereocenters. The third kappa shape index (κ3) is 5.06. The maximum absolute atomic E-state index is 11.3. The molecule has 0 radical (unpaired) electrons. The monoisotopic (exact) mass is 235 g/mol. The molecule has 1 rings (SSSR count). The Morgan fingerprint density at radius 3 is 3.06 bits per heavy atom. The van der Waals surface area contributed by atoms with Crippen LogP contribution >= 0.6 is 0 Å². The molecule has 0 heterocycles. The number of rotatable bonds is 6. The first-order valence-electron chi connectivity index (χ1n) is 5.53. The van der Waals surface area contributed by atoms with Crippen LogP contribution in [0.5, 0.6) is 5.75 Å². The van der Waals surface area contributed by atoms with E-state index in [1.807, 2.05) is 19.1 Å². The van der Waals surface area contributed by atoms with Crippen LogP contribution in [0.2, 0.25) is 0 Å². The molecule has 4 heteroatoms. The van der Waals surface area contributed by atoms with Gasteiger partial charge in [-0.05, 0) is 18.6 Å². The Hall–Kier alpha value is -1.97. The Bertz CT molecular complexity index is 377. The van der Waals surface area contributed by atoms with E-state index in [4.69, 9.17) is 9.47 Å². The van der Waals surface area contributed by atoms with Crippen LogP contribution in [0, 0.1) is 0 Å². The molecule has 4 nitrogen and oxygen atoms in total. The molecule has 0 saturated carbocycles. The number of ether oxygens (including phenoxy) is 2. The molecule has 0 aromatic heterocycles. The Morgan fingerprint density at radius 2 is 2.35 bits per heavy atom. The van der Waals surface area contributed by atoms with Gasteiger partial charge in [-0.15, -0.1) is 0 Å². The minimum atomic E-state index is -0.502. The van der Waals surface area contributed by atoms with E-state index in [1.54, 1.807) is 12.1 Å². The molecule has 1 amide bonds. The molecule has 0 saturated heterocycles. The van der Waals surface area contributed by atoms with Gasteiger partial charge in [0.05, 0.1) is 6.61 Å². The summed E-state index contributed by atoms with van der Waals surface area (Å²) in [4.78, 5) is 11.3. The van der Waals surface area contributed by atoms with Gasteiger partial charge in [0.2, 0.25) is 0 Å². The summed E-state index contributed by atoms with van der Waals surface area (Å²) in [5.41, 5.74) is 0.646. The average molecular weight is 235 g/mol. The van der Waals surface area contributed by atoms with Gasteiger partial charge in [0, 0.05) is 11.8 Å². The topological polar surface area (TPSA) is 47.6 Å². The van der Waals surface area contributed by atoms with Crippen LogP contribution in [0.25, 0.3) is 0 Å². The summed E-state index contributed by atoms with van der Waals surface area (Å²) >= 11 is 0. The van der Waals surface area contributed by atoms with Crippen molar-refractivity contribution in [2.75, 3.05) is 18.5 Å². The Balaban J connectivity index is 2.52. The van der Waals surface area contributed by atoms with Crippen LogP contribution in [-0.4, -0.2) is 19.3 Å². The summed E-state index contributed by atoms with van der Waals surface area (Å²) in [5.74, 6) is 0.730. The summed E-state index contributed by atoms with van der Waals surface area (Å²) in [6.45, 7) is 6.35. The van der Waals surface area contributed by atoms with Crippen molar-refractivity contribution in [1.82, 2.24) is 0 Å². The van der Waals surface area contributed by atoms with Gasteiger partial charge in [0.1, 0.15) is 12.4 Å². The smallest absolute Gasteiger partial charge is 0.411 e. The standard InChI is InChI=1S/C13H17NO3/c1-3-8-16-12-7-5-6-11(10-12)14-13(15)17-9-4-2/h4-7,10H,2-3,8-9H2,1H3,(H,14,15). The largest absolute Gasteiger partial charge is 0.494 e. The number of hydrogen-bond acceptors (Lipinski definition) is 3. The molecule has 0 fully saturated rings. The van der Waals surface area contributed by atoms with Gasteiger partial charge in [0.25, 0.3) is 0 Å². The number of carbonyl (C=O) groups excluding carboxylic acids is 1. The van der Waals surface area contributed by atoms with Gasteiger partial charge >= 0.3 is 6.09 Å². The summed E-state index contributed by atoms with van der Waals surface area (Å²) in [6, 6.07) is 7.18. The van der Waals surface area contributed by atoms with Crippen molar-refractivity contribution in [1.29, 1.82) is 0 Å². The van der Waals surface area contributed by atoms with Gasteiger partial charge < -0.3 is 9.47 Å². The van der Waals surface area contributed by atoms with E-state index in [2.05, 4.69) is 11.9 Å². The molecule has 1 aromatic rings. The molecule has 92 valence electrons. The van der Waals surface area contributed by atoms with E-state index in [9.17, 15) is 4.79 Å². The van der Waals surface area contributed by atoms with Crippen molar-refractivity contribution in [2.24, 2.45) is 0 Å². The fourth-order valence-corrected chi connectivity index (χ4v) is 1.17. The average Bonchev–Trinajstić information content (AvgIpc) is 2.34. The van der Waals surface area contributed by atoms with E-state index in [0.29, 0.717) is 12.3 Å². The second kappa shape index (κ2) is 7.33. The Kier molecular flexibility index (Phi) is 5.64. The van der Waals surface area contributed by atoms with Crippen LogP contribution in [-0.2, 0) is 4.74 Å². The third-order valence-electron chi connectivity index (χ3n) is 1.89. The predicted molar refractivity (Wildman–Crippen MR) is 67.4 cm³/mol. The van der Waals surface area contributed by atoms with Crippen LogP contribution in [0.3, 0.4) is 0 Å². The van der Waals surface area contributed by atoms with Gasteiger partial charge in [-0.1, -0.05) is 25.6 Å². The van der Waals surface area contributed by atoms with E-state index in [1.165, 1.54) is 6.08 Å². The number of amides is 1. The number of carbonyl (C=O) groups is 1. The zero-order valence-electron chi connectivity index (χ0n) is 9.94. The Morgan fingerprint density at radius 1 is 1.53 bits per heavy atom. The fraction of sp³-hybridized carbons (Fsp3) is 0.308. The number of nitrogens with one attached hydrogen (secondary N) is 1. The number of anilines is 1. The number of benzene rings is 1. The van der Waals surface area contributed by atoms with Crippen molar-refractivity contribution < 1.29 is 14.3 Å². The highest BCUT2D eigenvalue weighted by Crippen LogP contribution is 2.17. The van der Waals surface area contributed by atoms with E-state index in [0.717, 1.165) is 12.2 Å². The lowest BCUT2D eigenvalue weighted by molar-refractivity contribution is 0.174. The maximum Gasteiger partial charge on any atom is 0.411 e. The summed E-state index contributed by atoms with van der Waals surface area (Å²) in [6.07, 6.45) is 1.96. The van der Waals surface area contributed by atoms with Crippen molar-refractivity contribution in [3.05, 3.63) is 36.9 Å². The zero-order valence-corrected chi connectivity index (χ0v) is 9.94. The van der Waals surface area contributed by atoms with Gasteiger partial charge in [-0.3, -0.25) is 5.32 Å². The van der Waals surface area contributed by atoms with Gasteiger partial charge in [-0.2, -0.15) is 0 Å². The molecule has 0 aliphatic carbocycles. The highest BCUT2D eigenvalue weighted by atomic mass is 16.5. The number of hydrogen-bond donors (Lipinski definition) is 1. The van der Waals surface area contributed by atoms with Crippen molar-refractivity contribution >= 4 is 11.8 Å². The van der Waals surface area contributed by atoms with E-state index >= 15 is 0 Å². The third-order valence-corrected chi connectivity index (χ3v) is 1.89. The maximum atomic E-state index is 11.3. The lowest BCUT2D eigenvalue weighted by atomic mass is 10.3. The normalized spacial score (nSPS) is 9.47. The zero-order chi connectivity index (χ0) is 12.5. The minimum absolute atomic E-state index is 0.192. The highest BCUT2D eigenvalue weighted by Gasteiger charge is 2.02. The van der Waals surface area contributed by atoms with Crippen LogP contribution in [0.1, 0.15) is 13.3 Å². The highest BCUT2D eigenvalue weighted by molar-refractivity contribution is 5.84. The van der Waals surface area contributed by atoms with Crippen LogP contribution < -0.4 is 10.1 Å². The quantitative estimate of drug-likeness (QED) is 0.770. The fourth-order valence-electron chi connectivity index (χ4n) is 1.17. The minimum Gasteiger partial charge on any atom is -0.494 e. The molecule has 1 aromatic carbocycles. The first-order chi connectivity index (χ1) is 8.26. The lowest BCUT2D eigenvalue weighted by Crippen LogP contribution is -2.13. The predicted octanol–water partition coefficient (Wildman–Crippen LogP) is 3.21. The molecule has 17 heavy (non-hydrogen) atoms. The first kappa shape index (κ1) is 13.1. The molecule has 0 aliphatic heterocycles. The molecule has 0 aliphatic rings. The van der Waals surface area contributed by atoms with Crippen molar-refractivity contribution in [3.63, 3.8) is 0 Å². The summed E-state index contributed by atoms with van der Waals surface area (Å²) < 4.78 is 10.3. The molecule has 1 N–H and O–H groups in total. The van der Waals surface area contributed by atoms with Gasteiger partial charge in [-0.25, -0.2) is 4.79 Å². The molecule has 0 spiro atoms. The lowest BCUT2D eigenvalue weighted by Gasteiger charge is -2.08. The van der Waals surface area contributed by atoms with Crippen molar-refractivity contribution in [2.45, 2.75) is 13.3 Å². The second-order valence-corrected chi connectivity index (χ2v) is 3.39. The van der Waals surface area contributed by atoms with E-state index < -0.39 is 6.09 Å². The SMILES string of the molecule is C=CCOC(=O)Nc1cccc(OCCC)c1. The van der Waals surface area contributed by atoms with E-state index in [-0.39, 0.29) is 6.61 Å². The Labute approximate surface area is 101 Å². The molecule has 0 unspecified atom stereocenters.